The van der Waals surface area contributed by atoms with Crippen LogP contribution in [-0.4, -0.2) is 3.21 Å². The van der Waals surface area contributed by atoms with Crippen LogP contribution in [0.5, 0.6) is 0 Å². The molecule has 0 radical (unpaired) electrons. The molecule has 0 aliphatic heterocycles. The maximum absolute atomic E-state index is 2.41. The van der Waals surface area contributed by atoms with Crippen molar-refractivity contribution in [1.82, 2.24) is 0 Å². The van der Waals surface area contributed by atoms with Gasteiger partial charge in [-0.25, -0.2) is 0 Å². The van der Waals surface area contributed by atoms with Crippen molar-refractivity contribution in [2.75, 3.05) is 0 Å². The quantitative estimate of drug-likeness (QED) is 0.602. The summed E-state index contributed by atoms with van der Waals surface area (Å²) in [6.07, 6.45) is 10.3. The van der Waals surface area contributed by atoms with Gasteiger partial charge in [0.1, 0.15) is 0 Å². The summed E-state index contributed by atoms with van der Waals surface area (Å²) in [7, 11) is 0. The Morgan fingerprint density at radius 2 is 1.88 bits per heavy atom. The Morgan fingerprint density at radius 1 is 1.12 bits per heavy atom. The second kappa shape index (κ2) is 9.47. The summed E-state index contributed by atoms with van der Waals surface area (Å²) in [5.41, 5.74) is 9.75. The first-order valence-electron chi connectivity index (χ1n) is 8.45. The molecule has 0 amide bonds. The van der Waals surface area contributed by atoms with Gasteiger partial charge < -0.3 is 24.8 Å². The molecule has 0 saturated carbocycles. The van der Waals surface area contributed by atoms with Crippen LogP contribution < -0.4 is 24.8 Å². The number of halogens is 2. The first kappa shape index (κ1) is 21.8. The smallest absolute Gasteiger partial charge is 1.00 e. The second-order valence-corrected chi connectivity index (χ2v) is 11.0. The molecule has 1 aromatic rings. The SMILES string of the molecule is CCC1=C(C2=CC=CC2)[CH]([Zr+2]=[C](C)C)c2cccc(CC)c21.[Cl-].[Cl-]. The van der Waals surface area contributed by atoms with Gasteiger partial charge in [-0.15, -0.1) is 0 Å². The Morgan fingerprint density at radius 3 is 2.42 bits per heavy atom. The van der Waals surface area contributed by atoms with Gasteiger partial charge in [-0.05, 0) is 0 Å². The van der Waals surface area contributed by atoms with Crippen molar-refractivity contribution in [2.24, 2.45) is 0 Å². The van der Waals surface area contributed by atoms with E-state index in [1.54, 1.807) is 36.6 Å². The van der Waals surface area contributed by atoms with Crippen LogP contribution in [0.25, 0.3) is 5.57 Å². The zero-order valence-electron chi connectivity index (χ0n) is 14.9. The predicted molar refractivity (Wildman–Crippen MR) is 94.0 cm³/mol. The Balaban J connectivity index is 0.00000144. The van der Waals surface area contributed by atoms with Gasteiger partial charge in [-0.3, -0.25) is 0 Å². The maximum Gasteiger partial charge on any atom is -1.00 e. The number of hydrogen-bond acceptors (Lipinski definition) is 0. The molecule has 24 heavy (non-hydrogen) atoms. The third kappa shape index (κ3) is 3.95. The molecule has 2 aliphatic carbocycles. The number of fused-ring (bicyclic) bond motifs is 1. The van der Waals surface area contributed by atoms with E-state index in [0.29, 0.717) is 0 Å². The monoisotopic (exact) mass is 437 g/mol. The van der Waals surface area contributed by atoms with Crippen LogP contribution in [0.3, 0.4) is 0 Å². The van der Waals surface area contributed by atoms with E-state index in [9.17, 15) is 0 Å². The van der Waals surface area contributed by atoms with E-state index in [4.69, 9.17) is 0 Å². The Bertz CT molecular complexity index is 719. The fraction of sp³-hybridized carbons (Fsp3) is 0.381. The van der Waals surface area contributed by atoms with Gasteiger partial charge in [0.05, 0.1) is 0 Å². The minimum Gasteiger partial charge on any atom is -1.00 e. The molecule has 0 spiro atoms. The molecule has 127 valence electrons. The Hall–Kier alpha value is -0.227. The molecule has 1 atom stereocenters. The van der Waals surface area contributed by atoms with Gasteiger partial charge in [-0.1, -0.05) is 0 Å². The zero-order valence-corrected chi connectivity index (χ0v) is 18.9. The molecular weight excluding hydrogens is 414 g/mol. The predicted octanol–water partition coefficient (Wildman–Crippen LogP) is -0.344. The van der Waals surface area contributed by atoms with Gasteiger partial charge in [0, 0.05) is 0 Å². The van der Waals surface area contributed by atoms with E-state index in [1.807, 2.05) is 0 Å². The minimum absolute atomic E-state index is 0. The first-order chi connectivity index (χ1) is 10.7. The second-order valence-electron chi connectivity index (χ2n) is 6.38. The van der Waals surface area contributed by atoms with Crippen molar-refractivity contribution < 1.29 is 47.6 Å². The van der Waals surface area contributed by atoms with Gasteiger partial charge in [0.15, 0.2) is 0 Å². The molecule has 0 fully saturated rings. The molecule has 2 aliphatic rings. The van der Waals surface area contributed by atoms with Crippen LogP contribution in [-0.2, 0) is 29.2 Å². The fourth-order valence-corrected chi connectivity index (χ4v) is 7.45. The summed E-state index contributed by atoms with van der Waals surface area (Å²) >= 11 is -0.560. The van der Waals surface area contributed by atoms with Crippen molar-refractivity contribution in [3.8, 4) is 0 Å². The molecule has 1 unspecified atom stereocenters. The van der Waals surface area contributed by atoms with Crippen LogP contribution in [0.1, 0.15) is 60.9 Å². The van der Waals surface area contributed by atoms with E-state index in [1.165, 1.54) is 0 Å². The largest absolute Gasteiger partial charge is 1.00 e. The van der Waals surface area contributed by atoms with Crippen LogP contribution >= 0.6 is 0 Å². The van der Waals surface area contributed by atoms with Gasteiger partial charge in [-0.2, -0.15) is 0 Å². The molecular formula is C21H25Cl2Zr. The molecule has 3 heteroatoms. The van der Waals surface area contributed by atoms with E-state index >= 15 is 0 Å². The summed E-state index contributed by atoms with van der Waals surface area (Å²) in [6.45, 7) is 9.32. The van der Waals surface area contributed by atoms with E-state index in [0.717, 1.165) is 22.9 Å². The Labute approximate surface area is 170 Å². The van der Waals surface area contributed by atoms with Gasteiger partial charge >= 0.3 is 146 Å². The summed E-state index contributed by atoms with van der Waals surface area (Å²) in [5, 5.41) is 0. The van der Waals surface area contributed by atoms with E-state index < -0.39 is 22.8 Å². The Kier molecular flexibility index (Phi) is 8.60. The van der Waals surface area contributed by atoms with Crippen molar-refractivity contribution in [3.63, 3.8) is 0 Å². The third-order valence-corrected chi connectivity index (χ3v) is 8.30. The molecule has 0 nitrogen and oxygen atoms in total. The summed E-state index contributed by atoms with van der Waals surface area (Å²) < 4.78 is 2.43. The van der Waals surface area contributed by atoms with Crippen molar-refractivity contribution in [1.29, 1.82) is 0 Å². The standard InChI is InChI=1S/C18H19.C3H6.2ClH.Zr/c1-3-13-10-7-11-15-12-17(14-8-5-6-9-14)16(4-2)18(13)15;1-3-2;;;/h5-8,10-12H,3-4,9H2,1-2H3;1-2H3;2*1H;/q;;;;+2/p-2. The zero-order chi connectivity index (χ0) is 15.7. The number of benzene rings is 1. The fourth-order valence-electron chi connectivity index (χ4n) is 3.82. The molecule has 0 bridgehead atoms. The van der Waals surface area contributed by atoms with Crippen molar-refractivity contribution in [3.05, 3.63) is 64.3 Å². The van der Waals surface area contributed by atoms with E-state index in [-0.39, 0.29) is 24.8 Å². The first-order valence-corrected chi connectivity index (χ1v) is 11.1. The third-order valence-electron chi connectivity index (χ3n) is 4.69. The van der Waals surface area contributed by atoms with Gasteiger partial charge in [0.2, 0.25) is 0 Å². The average molecular weight is 440 g/mol. The maximum atomic E-state index is 2.41. The molecule has 0 aromatic heterocycles. The summed E-state index contributed by atoms with van der Waals surface area (Å²) in [6, 6.07) is 7.03. The van der Waals surface area contributed by atoms with Crippen molar-refractivity contribution >= 4 is 8.78 Å². The van der Waals surface area contributed by atoms with Crippen molar-refractivity contribution in [2.45, 2.75) is 50.6 Å². The molecule has 0 N–H and O–H groups in total. The van der Waals surface area contributed by atoms with Crippen LogP contribution in [0.2, 0.25) is 0 Å². The van der Waals surface area contributed by atoms with Crippen LogP contribution in [0, 0.1) is 0 Å². The number of allylic oxidation sites excluding steroid dienone is 6. The summed E-state index contributed by atoms with van der Waals surface area (Å²) in [5.74, 6) is 0. The molecule has 0 saturated heterocycles. The minimum atomic E-state index is -0.560. The summed E-state index contributed by atoms with van der Waals surface area (Å²) in [4.78, 5) is 0. The van der Waals surface area contributed by atoms with E-state index in [2.05, 4.69) is 64.1 Å². The topological polar surface area (TPSA) is 0 Å². The molecule has 1 aromatic carbocycles. The van der Waals surface area contributed by atoms with Crippen LogP contribution in [0.15, 0.2) is 47.6 Å². The normalized spacial score (nSPS) is 17.7. The number of aryl methyl sites for hydroxylation is 1. The number of rotatable bonds is 4. The number of hydrogen-bond donors (Lipinski definition) is 0. The average Bonchev–Trinajstić information content (AvgIpc) is 3.12. The molecule has 0 heterocycles. The molecule has 3 rings (SSSR count). The van der Waals surface area contributed by atoms with Gasteiger partial charge in [0.25, 0.3) is 0 Å². The van der Waals surface area contributed by atoms with Crippen LogP contribution in [0.4, 0.5) is 0 Å².